The van der Waals surface area contributed by atoms with Gasteiger partial charge in [-0.3, -0.25) is 14.4 Å². The molecule has 0 aliphatic heterocycles. The molecule has 0 aliphatic rings. The van der Waals surface area contributed by atoms with Crippen LogP contribution in [-0.2, 0) is 28.6 Å². The molecule has 0 N–H and O–H groups in total. The number of hydrogen-bond acceptors (Lipinski definition) is 6. The second kappa shape index (κ2) is 60.2. The zero-order valence-electron chi connectivity index (χ0n) is 47.8. The molecule has 0 aromatic rings. The first kappa shape index (κ1) is 68.6. The van der Waals surface area contributed by atoms with Gasteiger partial charge in [-0.05, 0) is 77.0 Å². The minimum atomic E-state index is -0.772. The van der Waals surface area contributed by atoms with E-state index in [0.29, 0.717) is 19.3 Å². The molecular formula is C65H120O6. The second-order valence-corrected chi connectivity index (χ2v) is 21.3. The molecule has 0 saturated heterocycles. The Morgan fingerprint density at radius 2 is 0.507 bits per heavy atom. The fourth-order valence-electron chi connectivity index (χ4n) is 9.35. The number of ether oxygens (including phenoxy) is 3. The molecule has 0 bridgehead atoms. The van der Waals surface area contributed by atoms with Crippen LogP contribution >= 0.6 is 0 Å². The van der Waals surface area contributed by atoms with E-state index in [1.54, 1.807) is 0 Å². The average Bonchev–Trinajstić information content (AvgIpc) is 3.37. The molecule has 0 aromatic carbocycles. The molecule has 6 nitrogen and oxygen atoms in total. The molecule has 0 saturated carbocycles. The number of unbranched alkanes of at least 4 members (excludes halogenated alkanes) is 41. The highest BCUT2D eigenvalue weighted by atomic mass is 16.6. The molecule has 0 fully saturated rings. The van der Waals surface area contributed by atoms with Crippen molar-refractivity contribution in [3.05, 3.63) is 36.5 Å². The van der Waals surface area contributed by atoms with Gasteiger partial charge < -0.3 is 14.2 Å². The third-order valence-corrected chi connectivity index (χ3v) is 14.1. The molecule has 0 spiro atoms. The Morgan fingerprint density at radius 1 is 0.282 bits per heavy atom. The molecule has 0 aliphatic carbocycles. The van der Waals surface area contributed by atoms with E-state index >= 15 is 0 Å². The molecule has 1 atom stereocenters. The molecule has 0 aromatic heterocycles. The summed E-state index contributed by atoms with van der Waals surface area (Å²) in [6.07, 6.45) is 73.0. The lowest BCUT2D eigenvalue weighted by Crippen LogP contribution is -2.30. The summed E-state index contributed by atoms with van der Waals surface area (Å²) < 4.78 is 16.9. The van der Waals surface area contributed by atoms with Gasteiger partial charge in [0.1, 0.15) is 13.2 Å². The average molecular weight is 998 g/mol. The maximum atomic E-state index is 12.8. The lowest BCUT2D eigenvalue weighted by molar-refractivity contribution is -0.167. The Hall–Kier alpha value is -2.37. The molecule has 71 heavy (non-hydrogen) atoms. The van der Waals surface area contributed by atoms with Crippen molar-refractivity contribution in [3.8, 4) is 0 Å². The van der Waals surface area contributed by atoms with Crippen molar-refractivity contribution in [3.63, 3.8) is 0 Å². The fraction of sp³-hybridized carbons (Fsp3) is 0.862. The Labute approximate surface area is 442 Å². The van der Waals surface area contributed by atoms with Crippen LogP contribution in [0.3, 0.4) is 0 Å². The molecular weight excluding hydrogens is 877 g/mol. The summed E-state index contributed by atoms with van der Waals surface area (Å²) in [6, 6.07) is 0. The number of hydrogen-bond donors (Lipinski definition) is 0. The Bertz CT molecular complexity index is 1190. The van der Waals surface area contributed by atoms with E-state index in [1.807, 2.05) is 0 Å². The highest BCUT2D eigenvalue weighted by Gasteiger charge is 2.19. The van der Waals surface area contributed by atoms with E-state index in [4.69, 9.17) is 14.2 Å². The second-order valence-electron chi connectivity index (χ2n) is 21.3. The quantitative estimate of drug-likeness (QED) is 0.0261. The summed E-state index contributed by atoms with van der Waals surface area (Å²) in [7, 11) is 0. The lowest BCUT2D eigenvalue weighted by atomic mass is 10.0. The summed E-state index contributed by atoms with van der Waals surface area (Å²) in [5, 5.41) is 0. The number of rotatable bonds is 58. The summed E-state index contributed by atoms with van der Waals surface area (Å²) in [6.45, 7) is 6.66. The minimum Gasteiger partial charge on any atom is -0.462 e. The maximum absolute atomic E-state index is 12.8. The predicted molar refractivity (Wildman–Crippen MR) is 307 cm³/mol. The predicted octanol–water partition coefficient (Wildman–Crippen LogP) is 21.2. The molecule has 0 rings (SSSR count). The van der Waals surface area contributed by atoms with Gasteiger partial charge in [0.15, 0.2) is 6.10 Å². The maximum Gasteiger partial charge on any atom is 0.306 e. The van der Waals surface area contributed by atoms with Crippen LogP contribution < -0.4 is 0 Å². The third-order valence-electron chi connectivity index (χ3n) is 14.1. The first-order valence-electron chi connectivity index (χ1n) is 31.5. The van der Waals surface area contributed by atoms with E-state index in [1.165, 1.54) is 231 Å². The summed E-state index contributed by atoms with van der Waals surface area (Å²) in [4.78, 5) is 38.2. The number of allylic oxidation sites excluding steroid dienone is 6. The highest BCUT2D eigenvalue weighted by Crippen LogP contribution is 2.17. The third kappa shape index (κ3) is 58.4. The van der Waals surface area contributed by atoms with Gasteiger partial charge in [-0.15, -0.1) is 0 Å². The topological polar surface area (TPSA) is 78.9 Å². The van der Waals surface area contributed by atoms with Gasteiger partial charge in [-0.25, -0.2) is 0 Å². The number of esters is 3. The fourth-order valence-corrected chi connectivity index (χ4v) is 9.35. The van der Waals surface area contributed by atoms with Gasteiger partial charge in [0.2, 0.25) is 0 Å². The Morgan fingerprint density at radius 3 is 0.789 bits per heavy atom. The van der Waals surface area contributed by atoms with Crippen molar-refractivity contribution >= 4 is 17.9 Å². The van der Waals surface area contributed by atoms with E-state index in [2.05, 4.69) is 57.2 Å². The monoisotopic (exact) mass is 997 g/mol. The van der Waals surface area contributed by atoms with E-state index < -0.39 is 6.10 Å². The van der Waals surface area contributed by atoms with Gasteiger partial charge in [-0.2, -0.15) is 0 Å². The van der Waals surface area contributed by atoms with Crippen molar-refractivity contribution in [2.75, 3.05) is 13.2 Å². The van der Waals surface area contributed by atoms with Crippen LogP contribution in [0.4, 0.5) is 0 Å². The highest BCUT2D eigenvalue weighted by molar-refractivity contribution is 5.71. The Kier molecular flexibility index (Phi) is 58.2. The van der Waals surface area contributed by atoms with Crippen molar-refractivity contribution in [2.45, 2.75) is 348 Å². The van der Waals surface area contributed by atoms with E-state index in [-0.39, 0.29) is 31.1 Å². The van der Waals surface area contributed by atoms with Crippen LogP contribution in [0.1, 0.15) is 342 Å². The van der Waals surface area contributed by atoms with Crippen LogP contribution in [0, 0.1) is 0 Å². The standard InChI is InChI=1S/C65H120O6/c1-4-7-10-13-16-19-22-25-27-28-29-30-31-32-33-34-35-36-37-38-39-41-43-46-49-52-55-58-64(67)70-61-62(60-69-63(66)57-54-51-48-45-42-24-21-18-15-12-9-6-3)71-65(68)59-56-53-50-47-44-40-26-23-20-17-14-11-8-5-2/h22-23,25-26,28-29,62H,4-21,24,27,30-61H2,1-3H3/b25-22-,26-23-,29-28-. The Balaban J connectivity index is 4.18. The van der Waals surface area contributed by atoms with Gasteiger partial charge in [0.05, 0.1) is 0 Å². The normalized spacial score (nSPS) is 12.2. The van der Waals surface area contributed by atoms with Crippen LogP contribution in [0.2, 0.25) is 0 Å². The van der Waals surface area contributed by atoms with Gasteiger partial charge in [-0.1, -0.05) is 282 Å². The molecule has 0 radical (unpaired) electrons. The lowest BCUT2D eigenvalue weighted by Gasteiger charge is -2.18. The van der Waals surface area contributed by atoms with Crippen molar-refractivity contribution in [2.24, 2.45) is 0 Å². The summed E-state index contributed by atoms with van der Waals surface area (Å²) in [5.74, 6) is -0.860. The van der Waals surface area contributed by atoms with Crippen LogP contribution in [-0.4, -0.2) is 37.2 Å². The molecule has 6 heteroatoms. The van der Waals surface area contributed by atoms with Crippen molar-refractivity contribution < 1.29 is 28.6 Å². The zero-order chi connectivity index (χ0) is 51.4. The van der Waals surface area contributed by atoms with E-state index in [0.717, 1.165) is 70.6 Å². The van der Waals surface area contributed by atoms with Crippen LogP contribution in [0.5, 0.6) is 0 Å². The first-order chi connectivity index (χ1) is 35.0. The minimum absolute atomic E-state index is 0.0708. The van der Waals surface area contributed by atoms with Gasteiger partial charge in [0.25, 0.3) is 0 Å². The van der Waals surface area contributed by atoms with Gasteiger partial charge >= 0.3 is 17.9 Å². The van der Waals surface area contributed by atoms with Crippen LogP contribution in [0.15, 0.2) is 36.5 Å². The SMILES string of the molecule is CCCCCCC/C=C\C/C=C\CCCCCCCCCCCCCCCCCC(=O)OCC(COC(=O)CCCCCCCCCCCCCC)OC(=O)CCCCCCC/C=C\CCCCCCC. The molecule has 416 valence electrons. The van der Waals surface area contributed by atoms with Crippen molar-refractivity contribution in [1.29, 1.82) is 0 Å². The zero-order valence-corrected chi connectivity index (χ0v) is 47.8. The molecule has 0 amide bonds. The molecule has 1 unspecified atom stereocenters. The van der Waals surface area contributed by atoms with Gasteiger partial charge in [0, 0.05) is 19.3 Å². The first-order valence-corrected chi connectivity index (χ1v) is 31.5. The molecule has 0 heterocycles. The smallest absolute Gasteiger partial charge is 0.306 e. The summed E-state index contributed by atoms with van der Waals surface area (Å²) in [5.41, 5.74) is 0. The van der Waals surface area contributed by atoms with Crippen LogP contribution in [0.25, 0.3) is 0 Å². The summed E-state index contributed by atoms with van der Waals surface area (Å²) >= 11 is 0. The largest absolute Gasteiger partial charge is 0.462 e. The number of carbonyl (C=O) groups is 3. The van der Waals surface area contributed by atoms with E-state index in [9.17, 15) is 14.4 Å². The van der Waals surface area contributed by atoms with Crippen molar-refractivity contribution in [1.82, 2.24) is 0 Å². The number of carbonyl (C=O) groups excluding carboxylic acids is 3.